The normalized spacial score (nSPS) is 11.1. The van der Waals surface area contributed by atoms with Crippen LogP contribution >= 0.6 is 0 Å². The molecule has 0 aliphatic carbocycles. The number of hydrogen-bond donors (Lipinski definition) is 1. The fourth-order valence-corrected chi connectivity index (χ4v) is 1.76. The molecule has 3 nitrogen and oxygen atoms in total. The largest absolute Gasteiger partial charge is 0.384 e. The standard InChI is InChI=1S/C14H15F2N3/c1-7(2)14-18-10(6-11(17)19-14)12-9(15)5-4-8(3)13(12)16/h4-7H,1-3H3,(H2,17,18,19). The van der Waals surface area contributed by atoms with E-state index in [0.29, 0.717) is 11.4 Å². The number of benzene rings is 1. The van der Waals surface area contributed by atoms with Crippen molar-refractivity contribution >= 4 is 5.82 Å². The predicted octanol–water partition coefficient (Wildman–Crippen LogP) is 3.44. The fraction of sp³-hybridized carbons (Fsp3) is 0.286. The topological polar surface area (TPSA) is 51.8 Å². The third-order valence-electron chi connectivity index (χ3n) is 2.82. The summed E-state index contributed by atoms with van der Waals surface area (Å²) < 4.78 is 27.9. The van der Waals surface area contributed by atoms with Gasteiger partial charge in [0.05, 0.1) is 11.3 Å². The Bertz CT molecular complexity index is 624. The Balaban J connectivity index is 2.69. The summed E-state index contributed by atoms with van der Waals surface area (Å²) in [6.45, 7) is 5.36. The number of halogens is 2. The van der Waals surface area contributed by atoms with Crippen molar-refractivity contribution in [3.63, 3.8) is 0 Å². The maximum atomic E-state index is 14.1. The van der Waals surface area contributed by atoms with Crippen LogP contribution < -0.4 is 5.73 Å². The van der Waals surface area contributed by atoms with E-state index in [2.05, 4.69) is 9.97 Å². The van der Waals surface area contributed by atoms with Gasteiger partial charge in [0.25, 0.3) is 0 Å². The Morgan fingerprint density at radius 3 is 2.47 bits per heavy atom. The van der Waals surface area contributed by atoms with Crippen LogP contribution in [0, 0.1) is 18.6 Å². The van der Waals surface area contributed by atoms with Crippen LogP contribution in [0.25, 0.3) is 11.3 Å². The molecule has 1 heterocycles. The van der Waals surface area contributed by atoms with Gasteiger partial charge in [-0.1, -0.05) is 19.9 Å². The smallest absolute Gasteiger partial charge is 0.138 e. The van der Waals surface area contributed by atoms with Gasteiger partial charge in [0.2, 0.25) is 0 Å². The first-order chi connectivity index (χ1) is 8.90. The highest BCUT2D eigenvalue weighted by Gasteiger charge is 2.17. The lowest BCUT2D eigenvalue weighted by atomic mass is 10.1. The summed E-state index contributed by atoms with van der Waals surface area (Å²) in [7, 11) is 0. The first kappa shape index (κ1) is 13.4. The van der Waals surface area contributed by atoms with Crippen LogP contribution in [0.5, 0.6) is 0 Å². The van der Waals surface area contributed by atoms with Gasteiger partial charge in [0.15, 0.2) is 0 Å². The van der Waals surface area contributed by atoms with E-state index in [1.165, 1.54) is 18.2 Å². The molecular weight excluding hydrogens is 248 g/mol. The van der Waals surface area contributed by atoms with E-state index < -0.39 is 11.6 Å². The van der Waals surface area contributed by atoms with Crippen LogP contribution in [-0.4, -0.2) is 9.97 Å². The second-order valence-electron chi connectivity index (χ2n) is 4.74. The molecule has 0 saturated carbocycles. The van der Waals surface area contributed by atoms with E-state index in [1.54, 1.807) is 6.92 Å². The molecule has 0 fully saturated rings. The van der Waals surface area contributed by atoms with Crippen molar-refractivity contribution in [1.82, 2.24) is 9.97 Å². The SMILES string of the molecule is Cc1ccc(F)c(-c2cc(N)nc(C(C)C)n2)c1F. The Morgan fingerprint density at radius 2 is 1.84 bits per heavy atom. The molecule has 0 aliphatic heterocycles. The van der Waals surface area contributed by atoms with Crippen molar-refractivity contribution in [2.45, 2.75) is 26.7 Å². The van der Waals surface area contributed by atoms with Crippen LogP contribution in [0.2, 0.25) is 0 Å². The highest BCUT2D eigenvalue weighted by molar-refractivity contribution is 5.64. The van der Waals surface area contributed by atoms with E-state index in [1.807, 2.05) is 13.8 Å². The summed E-state index contributed by atoms with van der Waals surface area (Å²) in [5.74, 6) is -0.578. The van der Waals surface area contributed by atoms with E-state index in [9.17, 15) is 8.78 Å². The third-order valence-corrected chi connectivity index (χ3v) is 2.82. The first-order valence-corrected chi connectivity index (χ1v) is 5.99. The lowest BCUT2D eigenvalue weighted by molar-refractivity contribution is 0.582. The number of rotatable bonds is 2. The summed E-state index contributed by atoms with van der Waals surface area (Å²) in [6, 6.07) is 4.00. The van der Waals surface area contributed by atoms with Crippen LogP contribution in [0.3, 0.4) is 0 Å². The quantitative estimate of drug-likeness (QED) is 0.903. The van der Waals surface area contributed by atoms with Crippen molar-refractivity contribution in [2.75, 3.05) is 5.73 Å². The number of nitrogens with two attached hydrogens (primary N) is 1. The number of aromatic nitrogens is 2. The molecule has 5 heteroatoms. The molecule has 0 aliphatic rings. The van der Waals surface area contributed by atoms with Gasteiger partial charge in [-0.3, -0.25) is 0 Å². The maximum absolute atomic E-state index is 14.1. The molecular formula is C14H15F2N3. The minimum Gasteiger partial charge on any atom is -0.384 e. The maximum Gasteiger partial charge on any atom is 0.138 e. The summed E-state index contributed by atoms with van der Waals surface area (Å²) >= 11 is 0. The summed E-state index contributed by atoms with van der Waals surface area (Å²) in [4.78, 5) is 8.26. The van der Waals surface area contributed by atoms with E-state index in [-0.39, 0.29) is 23.0 Å². The Labute approximate surface area is 110 Å². The zero-order chi connectivity index (χ0) is 14.2. The summed E-state index contributed by atoms with van der Waals surface area (Å²) in [6.07, 6.45) is 0. The van der Waals surface area contributed by atoms with Gasteiger partial charge in [-0.05, 0) is 18.6 Å². The van der Waals surface area contributed by atoms with Crippen molar-refractivity contribution < 1.29 is 8.78 Å². The molecule has 0 spiro atoms. The molecule has 0 amide bonds. The van der Waals surface area contributed by atoms with Crippen molar-refractivity contribution in [3.05, 3.63) is 41.2 Å². The highest BCUT2D eigenvalue weighted by atomic mass is 19.1. The predicted molar refractivity (Wildman–Crippen MR) is 70.6 cm³/mol. The van der Waals surface area contributed by atoms with Crippen LogP contribution in [0.4, 0.5) is 14.6 Å². The monoisotopic (exact) mass is 263 g/mol. The van der Waals surface area contributed by atoms with Gasteiger partial charge >= 0.3 is 0 Å². The molecule has 1 aromatic carbocycles. The molecule has 2 aromatic rings. The molecule has 2 N–H and O–H groups in total. The van der Waals surface area contributed by atoms with Crippen LogP contribution in [0.15, 0.2) is 18.2 Å². The Hall–Kier alpha value is -2.04. The zero-order valence-corrected chi connectivity index (χ0v) is 11.0. The van der Waals surface area contributed by atoms with Gasteiger partial charge in [0, 0.05) is 12.0 Å². The molecule has 1 aromatic heterocycles. The molecule has 0 bridgehead atoms. The molecule has 19 heavy (non-hydrogen) atoms. The molecule has 0 radical (unpaired) electrons. The van der Waals surface area contributed by atoms with E-state index in [4.69, 9.17) is 5.73 Å². The van der Waals surface area contributed by atoms with Gasteiger partial charge < -0.3 is 5.73 Å². The number of anilines is 1. The van der Waals surface area contributed by atoms with Crippen molar-refractivity contribution in [2.24, 2.45) is 0 Å². The molecule has 0 saturated heterocycles. The van der Waals surface area contributed by atoms with Gasteiger partial charge in [-0.25, -0.2) is 18.7 Å². The molecule has 100 valence electrons. The average molecular weight is 263 g/mol. The van der Waals surface area contributed by atoms with Crippen LogP contribution in [0.1, 0.15) is 31.2 Å². The Morgan fingerprint density at radius 1 is 1.16 bits per heavy atom. The number of nitrogen functional groups attached to an aromatic ring is 1. The molecule has 2 rings (SSSR count). The van der Waals surface area contributed by atoms with Gasteiger partial charge in [-0.2, -0.15) is 0 Å². The van der Waals surface area contributed by atoms with Gasteiger partial charge in [-0.15, -0.1) is 0 Å². The third kappa shape index (κ3) is 2.54. The molecule has 0 atom stereocenters. The zero-order valence-electron chi connectivity index (χ0n) is 11.0. The lowest BCUT2D eigenvalue weighted by Gasteiger charge is -2.10. The second-order valence-corrected chi connectivity index (χ2v) is 4.74. The lowest BCUT2D eigenvalue weighted by Crippen LogP contribution is -2.04. The van der Waals surface area contributed by atoms with Crippen molar-refractivity contribution in [1.29, 1.82) is 0 Å². The van der Waals surface area contributed by atoms with E-state index in [0.717, 1.165) is 0 Å². The first-order valence-electron chi connectivity index (χ1n) is 5.99. The minimum absolute atomic E-state index is 0.0261. The Kier molecular flexibility index (Phi) is 3.46. The fourth-order valence-electron chi connectivity index (χ4n) is 1.76. The van der Waals surface area contributed by atoms with Crippen molar-refractivity contribution in [3.8, 4) is 11.3 Å². The van der Waals surface area contributed by atoms with E-state index >= 15 is 0 Å². The molecule has 0 unspecified atom stereocenters. The summed E-state index contributed by atoms with van der Waals surface area (Å²) in [5.41, 5.74) is 6.06. The number of aryl methyl sites for hydroxylation is 1. The number of hydrogen-bond acceptors (Lipinski definition) is 3. The average Bonchev–Trinajstić information content (AvgIpc) is 2.34. The van der Waals surface area contributed by atoms with Gasteiger partial charge in [0.1, 0.15) is 23.3 Å². The second kappa shape index (κ2) is 4.91. The highest BCUT2D eigenvalue weighted by Crippen LogP contribution is 2.28. The number of nitrogens with zero attached hydrogens (tertiary/aromatic N) is 2. The van der Waals surface area contributed by atoms with Crippen LogP contribution in [-0.2, 0) is 0 Å². The minimum atomic E-state index is -0.657. The summed E-state index contributed by atoms with van der Waals surface area (Å²) in [5, 5.41) is 0.